The minimum Gasteiger partial charge on any atom is -0.481 e. The third-order valence-electron chi connectivity index (χ3n) is 5.46. The smallest absolute Gasteiger partial charge is 0.326 e. The van der Waals surface area contributed by atoms with Gasteiger partial charge in [-0.25, -0.2) is 9.78 Å². The summed E-state index contributed by atoms with van der Waals surface area (Å²) in [6.45, 7) is 0.174. The number of carbonyl (C=O) groups excluding carboxylic acids is 4. The standard InChI is InChI=1S/C20H29N7O8/c21-11(7-16(29)30)19(33)27-5-1-2-14(27)18(32)25-12(3-4-15(22)28)17(31)26-13(20(34)35)6-10-8-23-9-24-10/h8-9,11-14H,1-7,21H2,(H2,22,28)(H,23,24)(H,25,32)(H,26,31)(H,29,30)(H,34,35). The molecule has 9 N–H and O–H groups in total. The van der Waals surface area contributed by atoms with Crippen LogP contribution in [-0.4, -0.2) is 91.4 Å². The zero-order chi connectivity index (χ0) is 26.1. The molecule has 1 saturated heterocycles. The van der Waals surface area contributed by atoms with Crippen molar-refractivity contribution in [2.24, 2.45) is 11.5 Å². The first-order chi connectivity index (χ1) is 16.5. The highest BCUT2D eigenvalue weighted by Crippen LogP contribution is 2.19. The highest BCUT2D eigenvalue weighted by atomic mass is 16.4. The van der Waals surface area contributed by atoms with Gasteiger partial charge in [0.05, 0.1) is 18.8 Å². The Morgan fingerprint density at radius 2 is 1.89 bits per heavy atom. The van der Waals surface area contributed by atoms with Crippen molar-refractivity contribution in [2.75, 3.05) is 6.54 Å². The summed E-state index contributed by atoms with van der Waals surface area (Å²) in [5, 5.41) is 23.1. The third-order valence-corrected chi connectivity index (χ3v) is 5.46. The molecule has 15 nitrogen and oxygen atoms in total. The van der Waals surface area contributed by atoms with E-state index in [0.717, 1.165) is 4.90 Å². The van der Waals surface area contributed by atoms with E-state index in [2.05, 4.69) is 20.6 Å². The van der Waals surface area contributed by atoms with Gasteiger partial charge in [-0.3, -0.25) is 24.0 Å². The van der Waals surface area contributed by atoms with E-state index in [4.69, 9.17) is 16.6 Å². The van der Waals surface area contributed by atoms with Gasteiger partial charge in [0.1, 0.15) is 18.1 Å². The molecule has 4 atom stereocenters. The lowest BCUT2D eigenvalue weighted by molar-refractivity contribution is -0.144. The molecule has 1 aromatic rings. The van der Waals surface area contributed by atoms with E-state index in [-0.39, 0.29) is 32.2 Å². The molecule has 2 rings (SSSR count). The molecule has 2 heterocycles. The van der Waals surface area contributed by atoms with E-state index >= 15 is 0 Å². The van der Waals surface area contributed by atoms with Crippen molar-refractivity contribution in [3.63, 3.8) is 0 Å². The second kappa shape index (κ2) is 12.5. The topological polar surface area (TPSA) is 251 Å². The number of aromatic nitrogens is 2. The highest BCUT2D eigenvalue weighted by molar-refractivity contribution is 5.95. The Labute approximate surface area is 199 Å². The summed E-state index contributed by atoms with van der Waals surface area (Å²) in [7, 11) is 0. The Balaban J connectivity index is 2.11. The van der Waals surface area contributed by atoms with Gasteiger partial charge in [-0.2, -0.15) is 0 Å². The van der Waals surface area contributed by atoms with Gasteiger partial charge in [-0.1, -0.05) is 0 Å². The van der Waals surface area contributed by atoms with Crippen LogP contribution in [0.4, 0.5) is 0 Å². The van der Waals surface area contributed by atoms with Crippen molar-refractivity contribution in [1.29, 1.82) is 0 Å². The van der Waals surface area contributed by atoms with Gasteiger partial charge in [0.2, 0.25) is 23.6 Å². The molecule has 1 aromatic heterocycles. The molecule has 4 amide bonds. The van der Waals surface area contributed by atoms with Crippen molar-refractivity contribution >= 4 is 35.6 Å². The fraction of sp³-hybridized carbons (Fsp3) is 0.550. The molecule has 4 unspecified atom stereocenters. The van der Waals surface area contributed by atoms with Crippen molar-refractivity contribution in [1.82, 2.24) is 25.5 Å². The van der Waals surface area contributed by atoms with Crippen LogP contribution in [0.5, 0.6) is 0 Å². The first kappa shape index (κ1) is 27.2. The first-order valence-corrected chi connectivity index (χ1v) is 10.9. The number of aromatic amines is 1. The van der Waals surface area contributed by atoms with Crippen LogP contribution < -0.4 is 22.1 Å². The van der Waals surface area contributed by atoms with Gasteiger partial charge in [0, 0.05) is 31.3 Å². The summed E-state index contributed by atoms with van der Waals surface area (Å²) < 4.78 is 0. The van der Waals surface area contributed by atoms with E-state index in [0.29, 0.717) is 12.1 Å². The highest BCUT2D eigenvalue weighted by Gasteiger charge is 2.38. The number of imidazole rings is 1. The van der Waals surface area contributed by atoms with Crippen molar-refractivity contribution in [3.8, 4) is 0 Å². The van der Waals surface area contributed by atoms with E-state index < -0.39 is 66.2 Å². The van der Waals surface area contributed by atoms with Crippen LogP contribution in [-0.2, 0) is 35.2 Å². The number of amides is 4. The summed E-state index contributed by atoms with van der Waals surface area (Å²) in [6, 6.07) is -5.02. The number of carbonyl (C=O) groups is 6. The molecule has 0 saturated carbocycles. The number of nitrogens with zero attached hydrogens (tertiary/aromatic N) is 2. The number of aliphatic carboxylic acids is 2. The minimum absolute atomic E-state index is 0.107. The summed E-state index contributed by atoms with van der Waals surface area (Å²) in [5.41, 5.74) is 11.3. The number of H-pyrrole nitrogens is 1. The van der Waals surface area contributed by atoms with Gasteiger partial charge < -0.3 is 42.2 Å². The molecular weight excluding hydrogens is 466 g/mol. The molecule has 15 heteroatoms. The number of rotatable bonds is 13. The van der Waals surface area contributed by atoms with Gasteiger partial charge in [0.15, 0.2) is 0 Å². The van der Waals surface area contributed by atoms with Gasteiger partial charge in [-0.05, 0) is 19.3 Å². The minimum atomic E-state index is -1.35. The number of likely N-dealkylation sites (tertiary alicyclic amines) is 1. The number of nitrogens with two attached hydrogens (primary N) is 2. The zero-order valence-corrected chi connectivity index (χ0v) is 18.8. The SMILES string of the molecule is NC(=O)CCC(NC(=O)C1CCCN1C(=O)C(N)CC(=O)O)C(=O)NC(Cc1cnc[nH]1)C(=O)O. The zero-order valence-electron chi connectivity index (χ0n) is 18.8. The van der Waals surface area contributed by atoms with Crippen LogP contribution >= 0.6 is 0 Å². The number of nitrogens with one attached hydrogen (secondary N) is 3. The fourth-order valence-electron chi connectivity index (χ4n) is 3.70. The average molecular weight is 495 g/mol. The van der Waals surface area contributed by atoms with Gasteiger partial charge in [0.25, 0.3) is 0 Å². The molecule has 0 spiro atoms. The van der Waals surface area contributed by atoms with Gasteiger partial charge >= 0.3 is 11.9 Å². The maximum atomic E-state index is 13.0. The second-order valence-electron chi connectivity index (χ2n) is 8.14. The van der Waals surface area contributed by atoms with Crippen LogP contribution in [0.15, 0.2) is 12.5 Å². The molecule has 0 radical (unpaired) electrons. The average Bonchev–Trinajstić information content (AvgIpc) is 3.46. The lowest BCUT2D eigenvalue weighted by atomic mass is 10.1. The fourth-order valence-corrected chi connectivity index (χ4v) is 3.70. The molecule has 1 fully saturated rings. The van der Waals surface area contributed by atoms with E-state index in [1.807, 2.05) is 0 Å². The molecule has 0 aromatic carbocycles. The summed E-state index contributed by atoms with van der Waals surface area (Å²) >= 11 is 0. The number of hydrogen-bond donors (Lipinski definition) is 7. The molecular formula is C20H29N7O8. The Morgan fingerprint density at radius 3 is 2.46 bits per heavy atom. The maximum Gasteiger partial charge on any atom is 0.326 e. The molecule has 1 aliphatic rings. The summed E-state index contributed by atoms with van der Waals surface area (Å²) in [5.74, 6) is -5.62. The van der Waals surface area contributed by atoms with Crippen LogP contribution in [0.3, 0.4) is 0 Å². The Morgan fingerprint density at radius 1 is 1.17 bits per heavy atom. The third kappa shape index (κ3) is 8.06. The molecule has 192 valence electrons. The number of primary amides is 1. The second-order valence-corrected chi connectivity index (χ2v) is 8.14. The van der Waals surface area contributed by atoms with Crippen molar-refractivity contribution < 1.29 is 39.0 Å². The molecule has 35 heavy (non-hydrogen) atoms. The van der Waals surface area contributed by atoms with Crippen LogP contribution in [0.2, 0.25) is 0 Å². The summed E-state index contributed by atoms with van der Waals surface area (Å²) in [4.78, 5) is 79.8. The monoisotopic (exact) mass is 495 g/mol. The lowest BCUT2D eigenvalue weighted by Gasteiger charge is -2.28. The number of carboxylic acid groups (broad SMARTS) is 2. The van der Waals surface area contributed by atoms with Gasteiger partial charge in [-0.15, -0.1) is 0 Å². The quantitative estimate of drug-likeness (QED) is 0.147. The van der Waals surface area contributed by atoms with Crippen LogP contribution in [0, 0.1) is 0 Å². The van der Waals surface area contributed by atoms with E-state index in [1.54, 1.807) is 0 Å². The number of carboxylic acids is 2. The van der Waals surface area contributed by atoms with Crippen LogP contribution in [0.25, 0.3) is 0 Å². The molecule has 1 aliphatic heterocycles. The molecule has 0 aliphatic carbocycles. The predicted molar refractivity (Wildman–Crippen MR) is 117 cm³/mol. The first-order valence-electron chi connectivity index (χ1n) is 10.9. The van der Waals surface area contributed by atoms with Crippen molar-refractivity contribution in [3.05, 3.63) is 18.2 Å². The Kier molecular flexibility index (Phi) is 9.69. The predicted octanol–water partition coefficient (Wildman–Crippen LogP) is -2.94. The Hall–Kier alpha value is -4.01. The largest absolute Gasteiger partial charge is 0.481 e. The normalized spacial score (nSPS) is 17.7. The number of hydrogen-bond acceptors (Lipinski definition) is 8. The Bertz CT molecular complexity index is 951. The molecule has 0 bridgehead atoms. The lowest BCUT2D eigenvalue weighted by Crippen LogP contribution is -2.57. The van der Waals surface area contributed by atoms with Crippen LogP contribution in [0.1, 0.15) is 37.8 Å². The van der Waals surface area contributed by atoms with E-state index in [1.165, 1.54) is 12.5 Å². The van der Waals surface area contributed by atoms with E-state index in [9.17, 15) is 33.9 Å². The van der Waals surface area contributed by atoms with Crippen molar-refractivity contribution in [2.45, 2.75) is 62.7 Å². The maximum absolute atomic E-state index is 13.0. The summed E-state index contributed by atoms with van der Waals surface area (Å²) in [6.07, 6.45) is 2.25.